The lowest BCUT2D eigenvalue weighted by molar-refractivity contribution is 0.252. The second-order valence-electron chi connectivity index (χ2n) is 5.13. The van der Waals surface area contributed by atoms with Gasteiger partial charge >= 0.3 is 6.03 Å². The van der Waals surface area contributed by atoms with E-state index in [0.29, 0.717) is 35.2 Å². The summed E-state index contributed by atoms with van der Waals surface area (Å²) in [7, 11) is 4.63. The first kappa shape index (κ1) is 18.7. The standard InChI is InChI=1S/C18H21ClN2O4/c1-23-15-7-5-4-6-12(15)8-9-20-18(22)21-14-11-16(24-2)13(19)10-17(14)25-3/h4-7,10-11H,8-9H2,1-3H3,(H2,20,21,22). The Morgan fingerprint density at radius 2 is 1.68 bits per heavy atom. The normalized spacial score (nSPS) is 10.1. The van der Waals surface area contributed by atoms with Crippen molar-refractivity contribution in [3.63, 3.8) is 0 Å². The van der Waals surface area contributed by atoms with E-state index in [9.17, 15) is 4.79 Å². The smallest absolute Gasteiger partial charge is 0.319 e. The van der Waals surface area contributed by atoms with E-state index in [1.165, 1.54) is 14.2 Å². The minimum Gasteiger partial charge on any atom is -0.496 e. The van der Waals surface area contributed by atoms with Crippen molar-refractivity contribution in [2.75, 3.05) is 33.2 Å². The number of ether oxygens (including phenoxy) is 3. The molecule has 2 rings (SSSR count). The van der Waals surface area contributed by atoms with E-state index in [-0.39, 0.29) is 6.03 Å². The van der Waals surface area contributed by atoms with Crippen LogP contribution < -0.4 is 24.8 Å². The number of hydrogen-bond donors (Lipinski definition) is 2. The quantitative estimate of drug-likeness (QED) is 0.785. The summed E-state index contributed by atoms with van der Waals surface area (Å²) in [4.78, 5) is 12.1. The summed E-state index contributed by atoms with van der Waals surface area (Å²) in [5.41, 5.74) is 1.49. The summed E-state index contributed by atoms with van der Waals surface area (Å²) >= 11 is 6.05. The molecule has 0 fully saturated rings. The molecule has 0 atom stereocenters. The maximum Gasteiger partial charge on any atom is 0.319 e. The summed E-state index contributed by atoms with van der Waals surface area (Å²) in [5.74, 6) is 1.70. The number of halogens is 1. The lowest BCUT2D eigenvalue weighted by Crippen LogP contribution is -2.30. The van der Waals surface area contributed by atoms with Crippen molar-refractivity contribution >= 4 is 23.3 Å². The molecule has 134 valence electrons. The highest BCUT2D eigenvalue weighted by Crippen LogP contribution is 2.35. The molecule has 0 radical (unpaired) electrons. The predicted octanol–water partition coefficient (Wildman–Crippen LogP) is 3.73. The molecule has 0 aliphatic rings. The highest BCUT2D eigenvalue weighted by atomic mass is 35.5. The average Bonchev–Trinajstić information content (AvgIpc) is 2.63. The Morgan fingerprint density at radius 3 is 2.36 bits per heavy atom. The Bertz CT molecular complexity index is 737. The van der Waals surface area contributed by atoms with E-state index in [1.807, 2.05) is 24.3 Å². The lowest BCUT2D eigenvalue weighted by Gasteiger charge is -2.14. The number of methoxy groups -OCH3 is 3. The Kier molecular flexibility index (Phi) is 6.77. The molecule has 0 saturated heterocycles. The summed E-state index contributed by atoms with van der Waals surface area (Å²) in [6.45, 7) is 0.458. The molecule has 0 aliphatic heterocycles. The van der Waals surface area contributed by atoms with Crippen LogP contribution >= 0.6 is 11.6 Å². The molecule has 0 saturated carbocycles. The second-order valence-corrected chi connectivity index (χ2v) is 5.54. The van der Waals surface area contributed by atoms with Gasteiger partial charge in [-0.3, -0.25) is 0 Å². The third-order valence-corrected chi connectivity index (χ3v) is 3.89. The van der Waals surface area contributed by atoms with Crippen molar-refractivity contribution in [1.82, 2.24) is 5.32 Å². The van der Waals surface area contributed by atoms with Crippen molar-refractivity contribution in [3.05, 3.63) is 47.0 Å². The number of anilines is 1. The van der Waals surface area contributed by atoms with Gasteiger partial charge in [0.2, 0.25) is 0 Å². The van der Waals surface area contributed by atoms with Crippen LogP contribution in [0.1, 0.15) is 5.56 Å². The molecule has 0 aliphatic carbocycles. The van der Waals surface area contributed by atoms with Crippen LogP contribution in [0.25, 0.3) is 0 Å². The third kappa shape index (κ3) is 4.93. The molecule has 0 heterocycles. The molecule has 2 aromatic rings. The molecule has 2 aromatic carbocycles. The molecule has 0 aromatic heterocycles. The van der Waals surface area contributed by atoms with Crippen LogP contribution in [0.2, 0.25) is 5.02 Å². The highest BCUT2D eigenvalue weighted by molar-refractivity contribution is 6.32. The summed E-state index contributed by atoms with van der Waals surface area (Å²) in [6, 6.07) is 10.5. The molecule has 7 heteroatoms. The van der Waals surface area contributed by atoms with Crippen molar-refractivity contribution in [2.24, 2.45) is 0 Å². The van der Waals surface area contributed by atoms with Gasteiger partial charge in [-0.05, 0) is 18.1 Å². The van der Waals surface area contributed by atoms with E-state index in [1.54, 1.807) is 19.2 Å². The van der Waals surface area contributed by atoms with Gasteiger partial charge in [0, 0.05) is 18.7 Å². The fraction of sp³-hybridized carbons (Fsp3) is 0.278. The van der Waals surface area contributed by atoms with Crippen molar-refractivity contribution in [2.45, 2.75) is 6.42 Å². The van der Waals surface area contributed by atoms with Crippen LogP contribution in [0.4, 0.5) is 10.5 Å². The second kappa shape index (κ2) is 9.03. The average molecular weight is 365 g/mol. The monoisotopic (exact) mass is 364 g/mol. The number of hydrogen-bond acceptors (Lipinski definition) is 4. The zero-order chi connectivity index (χ0) is 18.2. The topological polar surface area (TPSA) is 68.8 Å². The van der Waals surface area contributed by atoms with E-state index in [0.717, 1.165) is 11.3 Å². The van der Waals surface area contributed by atoms with Crippen LogP contribution in [0.15, 0.2) is 36.4 Å². The van der Waals surface area contributed by atoms with Gasteiger partial charge < -0.3 is 24.8 Å². The Morgan fingerprint density at radius 1 is 1.00 bits per heavy atom. The van der Waals surface area contributed by atoms with E-state index in [4.69, 9.17) is 25.8 Å². The summed E-state index contributed by atoms with van der Waals surface area (Å²) in [6.07, 6.45) is 0.651. The van der Waals surface area contributed by atoms with E-state index < -0.39 is 0 Å². The summed E-state index contributed by atoms with van der Waals surface area (Å²) in [5, 5.41) is 5.94. The molecule has 25 heavy (non-hydrogen) atoms. The highest BCUT2D eigenvalue weighted by Gasteiger charge is 2.12. The molecule has 0 spiro atoms. The van der Waals surface area contributed by atoms with Gasteiger partial charge in [0.15, 0.2) is 0 Å². The fourth-order valence-corrected chi connectivity index (χ4v) is 2.58. The van der Waals surface area contributed by atoms with Gasteiger partial charge in [0.1, 0.15) is 17.2 Å². The maximum absolute atomic E-state index is 12.1. The van der Waals surface area contributed by atoms with Crippen LogP contribution in [0, 0.1) is 0 Å². The first-order valence-corrected chi connectivity index (χ1v) is 8.05. The molecule has 2 amide bonds. The van der Waals surface area contributed by atoms with Crippen LogP contribution in [-0.4, -0.2) is 33.9 Å². The minimum atomic E-state index is -0.349. The van der Waals surface area contributed by atoms with E-state index in [2.05, 4.69) is 10.6 Å². The number of carbonyl (C=O) groups is 1. The van der Waals surface area contributed by atoms with Gasteiger partial charge in [0.05, 0.1) is 32.0 Å². The SMILES string of the molecule is COc1cc(NC(=O)NCCc2ccccc2OC)c(OC)cc1Cl. The zero-order valence-corrected chi connectivity index (χ0v) is 15.1. The molecule has 0 bridgehead atoms. The Balaban J connectivity index is 1.96. The number of rotatable bonds is 7. The number of para-hydroxylation sites is 1. The maximum atomic E-state index is 12.1. The third-order valence-electron chi connectivity index (χ3n) is 3.59. The van der Waals surface area contributed by atoms with Crippen LogP contribution in [-0.2, 0) is 6.42 Å². The van der Waals surface area contributed by atoms with E-state index >= 15 is 0 Å². The first-order chi connectivity index (χ1) is 12.1. The van der Waals surface area contributed by atoms with Gasteiger partial charge in [-0.15, -0.1) is 0 Å². The number of amides is 2. The van der Waals surface area contributed by atoms with Crippen molar-refractivity contribution in [1.29, 1.82) is 0 Å². The zero-order valence-electron chi connectivity index (χ0n) is 14.4. The molecular weight excluding hydrogens is 344 g/mol. The van der Waals surface area contributed by atoms with Gasteiger partial charge in [-0.25, -0.2) is 4.79 Å². The number of urea groups is 1. The minimum absolute atomic E-state index is 0.349. The van der Waals surface area contributed by atoms with Crippen LogP contribution in [0.5, 0.6) is 17.2 Å². The molecule has 0 unspecified atom stereocenters. The number of benzene rings is 2. The van der Waals surface area contributed by atoms with Gasteiger partial charge in [0.25, 0.3) is 0 Å². The van der Waals surface area contributed by atoms with Gasteiger partial charge in [-0.1, -0.05) is 29.8 Å². The molecule has 2 N–H and O–H groups in total. The fourth-order valence-electron chi connectivity index (χ4n) is 2.34. The van der Waals surface area contributed by atoms with Crippen molar-refractivity contribution in [3.8, 4) is 17.2 Å². The Hall–Kier alpha value is -2.60. The van der Waals surface area contributed by atoms with Gasteiger partial charge in [-0.2, -0.15) is 0 Å². The largest absolute Gasteiger partial charge is 0.496 e. The lowest BCUT2D eigenvalue weighted by atomic mass is 10.1. The number of carbonyl (C=O) groups excluding carboxylic acids is 1. The Labute approximate surface area is 152 Å². The van der Waals surface area contributed by atoms with Crippen LogP contribution in [0.3, 0.4) is 0 Å². The number of nitrogens with one attached hydrogen (secondary N) is 2. The van der Waals surface area contributed by atoms with Crippen molar-refractivity contribution < 1.29 is 19.0 Å². The predicted molar refractivity (Wildman–Crippen MR) is 98.3 cm³/mol. The summed E-state index contributed by atoms with van der Waals surface area (Å²) < 4.78 is 15.7. The first-order valence-electron chi connectivity index (χ1n) is 7.67. The molecule has 6 nitrogen and oxygen atoms in total. The molecular formula is C18H21ClN2O4.